The number of halogens is 1. The van der Waals surface area contributed by atoms with Crippen LogP contribution >= 0.6 is 11.6 Å². The number of rotatable bonds is 3. The van der Waals surface area contributed by atoms with Crippen molar-refractivity contribution in [3.05, 3.63) is 46.6 Å². The summed E-state index contributed by atoms with van der Waals surface area (Å²) in [6.45, 7) is 2.25. The molecule has 5 nitrogen and oxygen atoms in total. The van der Waals surface area contributed by atoms with E-state index in [1.54, 1.807) is 19.3 Å². The van der Waals surface area contributed by atoms with Crippen LogP contribution in [0.2, 0.25) is 5.15 Å². The smallest absolute Gasteiger partial charge is 0.152 e. The van der Waals surface area contributed by atoms with E-state index in [0.717, 1.165) is 5.56 Å². The third-order valence-corrected chi connectivity index (χ3v) is 2.54. The number of aromatic nitrogens is 3. The van der Waals surface area contributed by atoms with E-state index in [4.69, 9.17) is 16.9 Å². The minimum absolute atomic E-state index is 0.165. The van der Waals surface area contributed by atoms with Crippen molar-refractivity contribution >= 4 is 17.4 Å². The molecule has 18 heavy (non-hydrogen) atoms. The molecule has 0 saturated carbocycles. The van der Waals surface area contributed by atoms with Gasteiger partial charge in [0.2, 0.25) is 0 Å². The summed E-state index contributed by atoms with van der Waals surface area (Å²) < 4.78 is 0. The predicted molar refractivity (Wildman–Crippen MR) is 68.1 cm³/mol. The number of aryl methyl sites for hydroxylation is 1. The first-order valence-corrected chi connectivity index (χ1v) is 5.65. The van der Waals surface area contributed by atoms with Crippen LogP contribution in [0.4, 0.5) is 5.82 Å². The Kier molecular flexibility index (Phi) is 3.70. The average Bonchev–Trinajstić information content (AvgIpc) is 2.37. The van der Waals surface area contributed by atoms with E-state index < -0.39 is 0 Å². The van der Waals surface area contributed by atoms with E-state index in [1.165, 1.54) is 0 Å². The molecule has 2 heterocycles. The fraction of sp³-hybridized carbons (Fsp3) is 0.167. The molecule has 2 rings (SSSR count). The molecular formula is C12H10ClN5. The van der Waals surface area contributed by atoms with Gasteiger partial charge in [0.05, 0.1) is 0 Å². The molecule has 0 amide bonds. The Hall–Kier alpha value is -2.19. The number of hydrogen-bond donors (Lipinski definition) is 1. The van der Waals surface area contributed by atoms with Crippen molar-refractivity contribution in [3.63, 3.8) is 0 Å². The summed E-state index contributed by atoms with van der Waals surface area (Å²) >= 11 is 5.89. The SMILES string of the molecule is Cc1nc(Cl)c(C#N)c(NCc2cccnc2)n1. The van der Waals surface area contributed by atoms with Gasteiger partial charge in [0.15, 0.2) is 5.15 Å². The van der Waals surface area contributed by atoms with Crippen LogP contribution in [0.1, 0.15) is 17.0 Å². The molecule has 2 aromatic rings. The molecule has 0 aromatic carbocycles. The van der Waals surface area contributed by atoms with E-state index in [9.17, 15) is 0 Å². The van der Waals surface area contributed by atoms with Crippen molar-refractivity contribution in [1.29, 1.82) is 5.26 Å². The molecule has 1 N–H and O–H groups in total. The van der Waals surface area contributed by atoms with Gasteiger partial charge in [-0.1, -0.05) is 17.7 Å². The lowest BCUT2D eigenvalue weighted by atomic mass is 10.2. The quantitative estimate of drug-likeness (QED) is 0.856. The number of nitrogens with zero attached hydrogens (tertiary/aromatic N) is 4. The normalized spacial score (nSPS) is 9.83. The molecule has 0 aliphatic carbocycles. The zero-order chi connectivity index (χ0) is 13.0. The van der Waals surface area contributed by atoms with Crippen LogP contribution in [0, 0.1) is 18.3 Å². The standard InChI is InChI=1S/C12H10ClN5/c1-8-17-11(13)10(5-14)12(18-8)16-7-9-3-2-4-15-6-9/h2-4,6H,7H2,1H3,(H,16,17,18). The third-order valence-electron chi connectivity index (χ3n) is 2.27. The van der Waals surface area contributed by atoms with E-state index in [-0.39, 0.29) is 10.7 Å². The number of nitriles is 1. The molecule has 0 aliphatic rings. The molecule has 0 saturated heterocycles. The second-order valence-electron chi connectivity index (χ2n) is 3.61. The largest absolute Gasteiger partial charge is 0.365 e. The van der Waals surface area contributed by atoms with Gasteiger partial charge in [0.25, 0.3) is 0 Å². The van der Waals surface area contributed by atoms with Crippen LogP contribution in [-0.4, -0.2) is 15.0 Å². The summed E-state index contributed by atoms with van der Waals surface area (Å²) in [4.78, 5) is 12.1. The maximum absolute atomic E-state index is 9.02. The molecule has 0 spiro atoms. The van der Waals surface area contributed by atoms with Gasteiger partial charge in [-0.05, 0) is 18.6 Å². The fourth-order valence-corrected chi connectivity index (χ4v) is 1.71. The first kappa shape index (κ1) is 12.3. The second kappa shape index (κ2) is 5.43. The molecule has 0 aliphatic heterocycles. The lowest BCUT2D eigenvalue weighted by Gasteiger charge is -2.08. The predicted octanol–water partition coefficient (Wildman–Crippen LogP) is 2.32. The average molecular weight is 260 g/mol. The molecule has 0 bridgehead atoms. The van der Waals surface area contributed by atoms with Crippen LogP contribution in [0.25, 0.3) is 0 Å². The lowest BCUT2D eigenvalue weighted by molar-refractivity contribution is 1.01. The van der Waals surface area contributed by atoms with Crippen LogP contribution in [0.5, 0.6) is 0 Å². The van der Waals surface area contributed by atoms with Crippen LogP contribution in [0.3, 0.4) is 0 Å². The Morgan fingerprint density at radius 3 is 2.94 bits per heavy atom. The molecule has 0 radical (unpaired) electrons. The van der Waals surface area contributed by atoms with Crippen molar-refractivity contribution in [2.24, 2.45) is 0 Å². The van der Waals surface area contributed by atoms with Crippen molar-refractivity contribution < 1.29 is 0 Å². The van der Waals surface area contributed by atoms with E-state index in [2.05, 4.69) is 20.3 Å². The Bertz CT molecular complexity index is 591. The molecular weight excluding hydrogens is 250 g/mol. The summed E-state index contributed by atoms with van der Waals surface area (Å²) in [5, 5.41) is 12.3. The van der Waals surface area contributed by atoms with Gasteiger partial charge in [-0.3, -0.25) is 4.98 Å². The highest BCUT2D eigenvalue weighted by Crippen LogP contribution is 2.20. The summed E-state index contributed by atoms with van der Waals surface area (Å²) in [6.07, 6.45) is 3.45. The Balaban J connectivity index is 2.22. The highest BCUT2D eigenvalue weighted by Gasteiger charge is 2.10. The number of nitrogens with one attached hydrogen (secondary N) is 1. The highest BCUT2D eigenvalue weighted by atomic mass is 35.5. The van der Waals surface area contributed by atoms with Gasteiger partial charge >= 0.3 is 0 Å². The summed E-state index contributed by atoms with van der Waals surface area (Å²) in [5.41, 5.74) is 1.25. The Labute approximate surface area is 109 Å². The van der Waals surface area contributed by atoms with Crippen LogP contribution in [0.15, 0.2) is 24.5 Å². The van der Waals surface area contributed by atoms with Crippen LogP contribution in [-0.2, 0) is 6.54 Å². The first-order chi connectivity index (χ1) is 8.70. The molecule has 0 unspecified atom stereocenters. The number of pyridine rings is 1. The minimum Gasteiger partial charge on any atom is -0.365 e. The summed E-state index contributed by atoms with van der Waals surface area (Å²) in [5.74, 6) is 0.964. The monoisotopic (exact) mass is 259 g/mol. The highest BCUT2D eigenvalue weighted by molar-refractivity contribution is 6.30. The molecule has 2 aromatic heterocycles. The Morgan fingerprint density at radius 2 is 2.28 bits per heavy atom. The van der Waals surface area contributed by atoms with Gasteiger partial charge in [0, 0.05) is 18.9 Å². The second-order valence-corrected chi connectivity index (χ2v) is 3.97. The Morgan fingerprint density at radius 1 is 1.44 bits per heavy atom. The summed E-state index contributed by atoms with van der Waals surface area (Å²) in [6, 6.07) is 5.77. The number of anilines is 1. The molecule has 0 fully saturated rings. The maximum Gasteiger partial charge on any atom is 0.152 e. The van der Waals surface area contributed by atoms with Crippen molar-refractivity contribution in [2.75, 3.05) is 5.32 Å². The van der Waals surface area contributed by atoms with Gasteiger partial charge in [0.1, 0.15) is 23.3 Å². The van der Waals surface area contributed by atoms with E-state index in [1.807, 2.05) is 18.2 Å². The van der Waals surface area contributed by atoms with E-state index in [0.29, 0.717) is 18.2 Å². The molecule has 0 atom stereocenters. The summed E-state index contributed by atoms with van der Waals surface area (Å²) in [7, 11) is 0. The van der Waals surface area contributed by atoms with Crippen LogP contribution < -0.4 is 5.32 Å². The minimum atomic E-state index is 0.165. The lowest BCUT2D eigenvalue weighted by Crippen LogP contribution is -2.06. The topological polar surface area (TPSA) is 74.5 Å². The first-order valence-electron chi connectivity index (χ1n) is 5.27. The van der Waals surface area contributed by atoms with Gasteiger partial charge in [-0.15, -0.1) is 0 Å². The zero-order valence-electron chi connectivity index (χ0n) is 9.68. The van der Waals surface area contributed by atoms with Crippen molar-refractivity contribution in [2.45, 2.75) is 13.5 Å². The third kappa shape index (κ3) is 2.73. The molecule has 90 valence electrons. The van der Waals surface area contributed by atoms with Gasteiger partial charge in [-0.2, -0.15) is 5.26 Å². The van der Waals surface area contributed by atoms with Crippen molar-refractivity contribution in [1.82, 2.24) is 15.0 Å². The molecule has 6 heteroatoms. The van der Waals surface area contributed by atoms with Crippen molar-refractivity contribution in [3.8, 4) is 6.07 Å². The fourth-order valence-electron chi connectivity index (χ4n) is 1.45. The van der Waals surface area contributed by atoms with E-state index >= 15 is 0 Å². The maximum atomic E-state index is 9.02. The van der Waals surface area contributed by atoms with Gasteiger partial charge < -0.3 is 5.32 Å². The van der Waals surface area contributed by atoms with Gasteiger partial charge in [-0.25, -0.2) is 9.97 Å². The zero-order valence-corrected chi connectivity index (χ0v) is 10.4. The number of hydrogen-bond acceptors (Lipinski definition) is 5.